The van der Waals surface area contributed by atoms with Gasteiger partial charge in [-0.1, -0.05) is 41.9 Å². The van der Waals surface area contributed by atoms with E-state index in [4.69, 9.17) is 14.2 Å². The van der Waals surface area contributed by atoms with Crippen LogP contribution in [0.25, 0.3) is 0 Å². The molecule has 8 nitrogen and oxygen atoms in total. The predicted molar refractivity (Wildman–Crippen MR) is 159 cm³/mol. The smallest absolute Gasteiger partial charge is 0.262 e. The molecule has 0 saturated heterocycles. The number of benzene rings is 3. The van der Waals surface area contributed by atoms with Crippen LogP contribution in [0.5, 0.6) is 17.2 Å². The molecule has 0 aromatic heterocycles. The fraction of sp³-hybridized carbons (Fsp3) is 0.276. The Balaban J connectivity index is 1.67. The Morgan fingerprint density at radius 3 is 2.31 bits per heavy atom. The molecule has 0 radical (unpaired) electrons. The summed E-state index contributed by atoms with van der Waals surface area (Å²) >= 11 is 6.99. The topological polar surface area (TPSA) is 98.2 Å². The normalized spacial score (nSPS) is 11.8. The molecule has 3 rings (SSSR count). The van der Waals surface area contributed by atoms with Gasteiger partial charge in [-0.3, -0.25) is 9.59 Å². The average Bonchev–Trinajstić information content (AvgIpc) is 2.92. The summed E-state index contributed by atoms with van der Waals surface area (Å²) in [7, 11) is 1.55. The fourth-order valence-electron chi connectivity index (χ4n) is 3.54. The van der Waals surface area contributed by atoms with Gasteiger partial charge in [0, 0.05) is 10.0 Å². The summed E-state index contributed by atoms with van der Waals surface area (Å²) in [6.07, 6.45) is 1.51. The van der Waals surface area contributed by atoms with E-state index in [1.165, 1.54) is 6.21 Å². The second kappa shape index (κ2) is 14.7. The second-order valence-corrected chi connectivity index (χ2v) is 10.6. The van der Waals surface area contributed by atoms with Crippen molar-refractivity contribution in [2.75, 3.05) is 13.7 Å². The highest BCUT2D eigenvalue weighted by molar-refractivity contribution is 9.10. The molecule has 0 aliphatic carbocycles. The minimum atomic E-state index is -0.781. The number of ether oxygens (including phenoxy) is 3. The van der Waals surface area contributed by atoms with Crippen molar-refractivity contribution in [3.8, 4) is 17.2 Å². The Kier molecular flexibility index (Phi) is 11.4. The summed E-state index contributed by atoms with van der Waals surface area (Å²) in [6.45, 7) is 6.40. The molecule has 0 fully saturated rings. The summed E-state index contributed by atoms with van der Waals surface area (Å²) in [5, 5.41) is 6.89. The molecule has 39 heavy (non-hydrogen) atoms. The number of nitrogens with one attached hydrogen (secondary N) is 2. The van der Waals surface area contributed by atoms with Crippen molar-refractivity contribution < 1.29 is 23.8 Å². The fourth-order valence-corrected chi connectivity index (χ4v) is 4.38. The van der Waals surface area contributed by atoms with Crippen molar-refractivity contribution in [1.29, 1.82) is 0 Å². The Labute approximate surface area is 245 Å². The van der Waals surface area contributed by atoms with E-state index in [2.05, 4.69) is 47.7 Å². The van der Waals surface area contributed by atoms with Crippen LogP contribution < -0.4 is 25.0 Å². The molecule has 2 amide bonds. The zero-order chi connectivity index (χ0) is 28.4. The summed E-state index contributed by atoms with van der Waals surface area (Å²) in [4.78, 5) is 25.5. The van der Waals surface area contributed by atoms with Crippen LogP contribution in [0.2, 0.25) is 0 Å². The molecule has 0 aliphatic heterocycles. The SMILES string of the molecule is CCOc1cc(C=NNC(=O)C(NC(=O)c2ccc(OC)cc2)C(C)C)cc(Br)c1OCc1ccc(Br)cc1. The third kappa shape index (κ3) is 8.83. The maximum absolute atomic E-state index is 12.9. The largest absolute Gasteiger partial charge is 0.497 e. The first-order valence-electron chi connectivity index (χ1n) is 12.3. The van der Waals surface area contributed by atoms with Gasteiger partial charge in [-0.2, -0.15) is 5.10 Å². The Morgan fingerprint density at radius 1 is 1.00 bits per heavy atom. The minimum Gasteiger partial charge on any atom is -0.497 e. The summed E-state index contributed by atoms with van der Waals surface area (Å²) in [6, 6.07) is 17.4. The van der Waals surface area contributed by atoms with E-state index in [1.807, 2.05) is 51.1 Å². The van der Waals surface area contributed by atoms with Crippen LogP contribution in [0.1, 0.15) is 42.3 Å². The van der Waals surface area contributed by atoms with E-state index in [0.29, 0.717) is 46.1 Å². The van der Waals surface area contributed by atoms with Crippen molar-refractivity contribution in [1.82, 2.24) is 10.7 Å². The lowest BCUT2D eigenvalue weighted by molar-refractivity contribution is -0.123. The van der Waals surface area contributed by atoms with Gasteiger partial charge in [0.15, 0.2) is 11.5 Å². The maximum atomic E-state index is 12.9. The second-order valence-electron chi connectivity index (χ2n) is 8.84. The van der Waals surface area contributed by atoms with Gasteiger partial charge < -0.3 is 19.5 Å². The summed E-state index contributed by atoms with van der Waals surface area (Å²) in [5.74, 6) is 0.803. The van der Waals surface area contributed by atoms with Gasteiger partial charge in [0.25, 0.3) is 11.8 Å². The number of amides is 2. The zero-order valence-electron chi connectivity index (χ0n) is 22.2. The lowest BCUT2D eigenvalue weighted by Gasteiger charge is -2.20. The number of carbonyl (C=O) groups excluding carboxylic acids is 2. The lowest BCUT2D eigenvalue weighted by Crippen LogP contribution is -2.48. The van der Waals surface area contributed by atoms with Crippen LogP contribution in [0.4, 0.5) is 0 Å². The van der Waals surface area contributed by atoms with E-state index in [1.54, 1.807) is 37.4 Å². The number of nitrogens with zero attached hydrogens (tertiary/aromatic N) is 1. The average molecular weight is 661 g/mol. The van der Waals surface area contributed by atoms with Crippen LogP contribution in [-0.2, 0) is 11.4 Å². The molecule has 1 atom stereocenters. The van der Waals surface area contributed by atoms with Crippen LogP contribution in [0.15, 0.2) is 74.7 Å². The van der Waals surface area contributed by atoms with Crippen molar-refractivity contribution in [2.24, 2.45) is 11.0 Å². The van der Waals surface area contributed by atoms with Gasteiger partial charge in [0.05, 0.1) is 24.4 Å². The molecule has 0 aliphatic rings. The third-order valence-electron chi connectivity index (χ3n) is 5.60. The third-order valence-corrected chi connectivity index (χ3v) is 6.72. The van der Waals surface area contributed by atoms with Gasteiger partial charge in [-0.05, 0) is 88.4 Å². The quantitative estimate of drug-likeness (QED) is 0.181. The van der Waals surface area contributed by atoms with Gasteiger partial charge >= 0.3 is 0 Å². The molecule has 0 bridgehead atoms. The first-order valence-corrected chi connectivity index (χ1v) is 13.9. The first kappa shape index (κ1) is 30.2. The van der Waals surface area contributed by atoms with Crippen LogP contribution >= 0.6 is 31.9 Å². The molecular formula is C29H31Br2N3O5. The number of halogens is 2. The molecule has 2 N–H and O–H groups in total. The highest BCUT2D eigenvalue weighted by Crippen LogP contribution is 2.37. The standard InChI is InChI=1S/C29H31Br2N3O5/c1-5-38-25-15-20(14-24(31)27(25)39-17-19-6-10-22(30)11-7-19)16-32-34-29(36)26(18(2)3)33-28(35)21-8-12-23(37-4)13-9-21/h6-16,18,26H,5,17H2,1-4H3,(H,33,35)(H,34,36). The van der Waals surface area contributed by atoms with E-state index >= 15 is 0 Å². The van der Waals surface area contributed by atoms with Crippen molar-refractivity contribution >= 4 is 49.9 Å². The zero-order valence-corrected chi connectivity index (χ0v) is 25.3. The van der Waals surface area contributed by atoms with Crippen LogP contribution in [-0.4, -0.2) is 37.8 Å². The lowest BCUT2D eigenvalue weighted by atomic mass is 10.0. The molecular weight excluding hydrogens is 630 g/mol. The Bertz CT molecular complexity index is 1300. The van der Waals surface area contributed by atoms with E-state index < -0.39 is 11.9 Å². The maximum Gasteiger partial charge on any atom is 0.262 e. The Morgan fingerprint density at radius 2 is 1.69 bits per heavy atom. The number of carbonyl (C=O) groups is 2. The summed E-state index contributed by atoms with van der Waals surface area (Å²) < 4.78 is 18.6. The van der Waals surface area contributed by atoms with Crippen molar-refractivity contribution in [3.63, 3.8) is 0 Å². The predicted octanol–water partition coefficient (Wildman–Crippen LogP) is 6.10. The van der Waals surface area contributed by atoms with Crippen molar-refractivity contribution in [3.05, 3.63) is 86.3 Å². The molecule has 10 heteroatoms. The van der Waals surface area contributed by atoms with Crippen LogP contribution in [0.3, 0.4) is 0 Å². The van der Waals surface area contributed by atoms with E-state index in [9.17, 15) is 9.59 Å². The Hall–Kier alpha value is -3.37. The number of hydrazone groups is 1. The van der Waals surface area contributed by atoms with Gasteiger partial charge in [-0.15, -0.1) is 0 Å². The molecule has 3 aromatic carbocycles. The molecule has 206 valence electrons. The number of rotatable bonds is 12. The van der Waals surface area contributed by atoms with Gasteiger partial charge in [0.1, 0.15) is 18.4 Å². The molecule has 0 saturated carbocycles. The monoisotopic (exact) mass is 659 g/mol. The van der Waals surface area contributed by atoms with E-state index in [-0.39, 0.29) is 11.8 Å². The number of hydrogen-bond acceptors (Lipinski definition) is 6. The van der Waals surface area contributed by atoms with Crippen LogP contribution in [0, 0.1) is 5.92 Å². The molecule has 1 unspecified atom stereocenters. The highest BCUT2D eigenvalue weighted by atomic mass is 79.9. The number of hydrogen-bond donors (Lipinski definition) is 2. The minimum absolute atomic E-state index is 0.164. The van der Waals surface area contributed by atoms with Gasteiger partial charge in [-0.25, -0.2) is 5.43 Å². The highest BCUT2D eigenvalue weighted by Gasteiger charge is 2.24. The molecule has 0 spiro atoms. The number of methoxy groups -OCH3 is 1. The van der Waals surface area contributed by atoms with Gasteiger partial charge in [0.2, 0.25) is 0 Å². The molecule has 0 heterocycles. The first-order chi connectivity index (χ1) is 18.7. The van der Waals surface area contributed by atoms with Crippen molar-refractivity contribution in [2.45, 2.75) is 33.4 Å². The molecule has 3 aromatic rings. The summed E-state index contributed by atoms with van der Waals surface area (Å²) in [5.41, 5.74) is 4.65. The van der Waals surface area contributed by atoms with E-state index in [0.717, 1.165) is 10.0 Å².